The summed E-state index contributed by atoms with van der Waals surface area (Å²) in [5.74, 6) is 0.739. The molecule has 0 aliphatic rings. The second kappa shape index (κ2) is 3.70. The van der Waals surface area contributed by atoms with Crippen LogP contribution in [0.15, 0.2) is 18.2 Å². The van der Waals surface area contributed by atoms with Gasteiger partial charge in [0.15, 0.2) is 0 Å². The van der Waals surface area contributed by atoms with Crippen LogP contribution in [0.2, 0.25) is 0 Å². The van der Waals surface area contributed by atoms with E-state index in [1.165, 1.54) is 12.1 Å². The van der Waals surface area contributed by atoms with E-state index in [2.05, 4.69) is 4.98 Å². The number of fused-ring (bicyclic) bond motifs is 1. The molecule has 0 saturated carbocycles. The van der Waals surface area contributed by atoms with Crippen LogP contribution >= 0.6 is 11.6 Å². The zero-order valence-electron chi connectivity index (χ0n) is 8.54. The van der Waals surface area contributed by atoms with Crippen LogP contribution in [0.4, 0.5) is 4.39 Å². The van der Waals surface area contributed by atoms with Crippen LogP contribution in [0.3, 0.4) is 0 Å². The number of hydrogen-bond acceptors (Lipinski definition) is 2. The SMILES string of the molecule is CN(C)n1c(CCl)nc2ccc(F)cc21. The molecule has 0 atom stereocenters. The van der Waals surface area contributed by atoms with Gasteiger partial charge in [-0.2, -0.15) is 0 Å². The van der Waals surface area contributed by atoms with Crippen LogP contribution in [0.5, 0.6) is 0 Å². The highest BCUT2D eigenvalue weighted by atomic mass is 35.5. The van der Waals surface area contributed by atoms with Crippen molar-refractivity contribution in [2.45, 2.75) is 5.88 Å². The molecule has 0 radical (unpaired) electrons. The second-order valence-corrected chi connectivity index (χ2v) is 3.72. The van der Waals surface area contributed by atoms with Gasteiger partial charge in [0.25, 0.3) is 0 Å². The highest BCUT2D eigenvalue weighted by molar-refractivity contribution is 6.16. The molecule has 1 aromatic heterocycles. The lowest BCUT2D eigenvalue weighted by Crippen LogP contribution is -2.26. The van der Waals surface area contributed by atoms with Crippen molar-refractivity contribution >= 4 is 22.6 Å². The largest absolute Gasteiger partial charge is 0.317 e. The lowest BCUT2D eigenvalue weighted by molar-refractivity contribution is 0.627. The van der Waals surface area contributed by atoms with E-state index in [9.17, 15) is 4.39 Å². The van der Waals surface area contributed by atoms with Crippen molar-refractivity contribution < 1.29 is 4.39 Å². The van der Waals surface area contributed by atoms with Gasteiger partial charge in [-0.05, 0) is 12.1 Å². The molecule has 5 heteroatoms. The van der Waals surface area contributed by atoms with Gasteiger partial charge in [-0.3, -0.25) is 0 Å². The van der Waals surface area contributed by atoms with E-state index < -0.39 is 0 Å². The Bertz CT molecular complexity index is 493. The molecule has 3 nitrogen and oxygen atoms in total. The number of rotatable bonds is 2. The predicted molar refractivity (Wildman–Crippen MR) is 59.3 cm³/mol. The maximum atomic E-state index is 13.1. The Morgan fingerprint density at radius 1 is 1.47 bits per heavy atom. The third-order valence-electron chi connectivity index (χ3n) is 2.18. The molecule has 0 aliphatic carbocycles. The van der Waals surface area contributed by atoms with Crippen LogP contribution in [0.1, 0.15) is 5.82 Å². The minimum Gasteiger partial charge on any atom is -0.317 e. The van der Waals surface area contributed by atoms with E-state index in [0.717, 1.165) is 11.0 Å². The lowest BCUT2D eigenvalue weighted by atomic mass is 10.3. The van der Waals surface area contributed by atoms with E-state index in [4.69, 9.17) is 11.6 Å². The first-order chi connectivity index (χ1) is 7.13. The van der Waals surface area contributed by atoms with Gasteiger partial charge in [0, 0.05) is 20.2 Å². The number of aromatic nitrogens is 2. The molecule has 0 N–H and O–H groups in total. The summed E-state index contributed by atoms with van der Waals surface area (Å²) < 4.78 is 14.9. The number of benzene rings is 1. The van der Waals surface area contributed by atoms with Crippen LogP contribution < -0.4 is 5.01 Å². The molecule has 0 aliphatic heterocycles. The summed E-state index contributed by atoms with van der Waals surface area (Å²) in [4.78, 5) is 4.32. The molecule has 2 aromatic rings. The van der Waals surface area contributed by atoms with Crippen LogP contribution in [0.25, 0.3) is 11.0 Å². The summed E-state index contributed by atoms with van der Waals surface area (Å²) in [7, 11) is 3.73. The first-order valence-corrected chi connectivity index (χ1v) is 5.07. The molecule has 2 rings (SSSR count). The predicted octanol–water partition coefficient (Wildman–Crippen LogP) is 2.11. The number of halogens is 2. The Balaban J connectivity index is 2.76. The first-order valence-electron chi connectivity index (χ1n) is 4.54. The topological polar surface area (TPSA) is 21.1 Å². The fourth-order valence-corrected chi connectivity index (χ4v) is 1.79. The van der Waals surface area contributed by atoms with Crippen molar-refractivity contribution in [2.75, 3.05) is 19.1 Å². The van der Waals surface area contributed by atoms with Crippen molar-refractivity contribution in [3.63, 3.8) is 0 Å². The molecule has 15 heavy (non-hydrogen) atoms. The van der Waals surface area contributed by atoms with Gasteiger partial charge < -0.3 is 5.01 Å². The Hall–Kier alpha value is -1.29. The zero-order chi connectivity index (χ0) is 11.0. The molecular weight excluding hydrogens is 217 g/mol. The molecule has 0 bridgehead atoms. The van der Waals surface area contributed by atoms with Crippen LogP contribution in [0, 0.1) is 5.82 Å². The maximum absolute atomic E-state index is 13.1. The average molecular weight is 228 g/mol. The quantitative estimate of drug-likeness (QED) is 0.733. The van der Waals surface area contributed by atoms with E-state index >= 15 is 0 Å². The van der Waals surface area contributed by atoms with Gasteiger partial charge in [-0.25, -0.2) is 14.1 Å². The standard InChI is InChI=1S/C10H11ClFN3/c1-14(2)15-9-5-7(12)3-4-8(9)13-10(15)6-11/h3-5H,6H2,1-2H3. The Kier molecular flexibility index (Phi) is 2.52. The third kappa shape index (κ3) is 1.65. The molecule has 80 valence electrons. The molecular formula is C10H11ClFN3. The molecule has 0 fully saturated rings. The average Bonchev–Trinajstić information content (AvgIpc) is 2.55. The van der Waals surface area contributed by atoms with E-state index in [1.54, 1.807) is 10.7 Å². The van der Waals surface area contributed by atoms with E-state index in [0.29, 0.717) is 11.7 Å². The number of imidazole rings is 1. The normalized spacial score (nSPS) is 10.9. The summed E-state index contributed by atoms with van der Waals surface area (Å²) in [6, 6.07) is 4.51. The molecule has 0 spiro atoms. The Labute approximate surface area is 92.0 Å². The lowest BCUT2D eigenvalue weighted by Gasteiger charge is -2.17. The van der Waals surface area contributed by atoms with E-state index in [1.807, 2.05) is 19.1 Å². The van der Waals surface area contributed by atoms with Crippen molar-refractivity contribution in [1.29, 1.82) is 0 Å². The number of alkyl halides is 1. The molecule has 0 saturated heterocycles. The molecule has 1 aromatic carbocycles. The maximum Gasteiger partial charge on any atom is 0.143 e. The summed E-state index contributed by atoms with van der Waals surface area (Å²) in [6.45, 7) is 0. The molecule has 0 amide bonds. The molecule has 0 unspecified atom stereocenters. The van der Waals surface area contributed by atoms with Crippen molar-refractivity contribution in [3.8, 4) is 0 Å². The van der Waals surface area contributed by atoms with Gasteiger partial charge in [-0.1, -0.05) is 0 Å². The monoisotopic (exact) mass is 227 g/mol. The minimum atomic E-state index is -0.272. The Morgan fingerprint density at radius 2 is 2.20 bits per heavy atom. The van der Waals surface area contributed by atoms with Crippen LogP contribution in [-0.2, 0) is 5.88 Å². The number of hydrogen-bond donors (Lipinski definition) is 0. The summed E-state index contributed by atoms with van der Waals surface area (Å²) in [6.07, 6.45) is 0. The second-order valence-electron chi connectivity index (χ2n) is 3.45. The highest BCUT2D eigenvalue weighted by Gasteiger charge is 2.11. The highest BCUT2D eigenvalue weighted by Crippen LogP contribution is 2.18. The van der Waals surface area contributed by atoms with Crippen molar-refractivity contribution in [3.05, 3.63) is 29.8 Å². The van der Waals surface area contributed by atoms with Crippen molar-refractivity contribution in [2.24, 2.45) is 0 Å². The van der Waals surface area contributed by atoms with Gasteiger partial charge in [-0.15, -0.1) is 11.6 Å². The molecule has 1 heterocycles. The smallest absolute Gasteiger partial charge is 0.143 e. The summed E-state index contributed by atoms with van der Waals surface area (Å²) in [5.41, 5.74) is 1.48. The minimum absolute atomic E-state index is 0.272. The Morgan fingerprint density at radius 3 is 2.80 bits per heavy atom. The van der Waals surface area contributed by atoms with Crippen molar-refractivity contribution in [1.82, 2.24) is 9.66 Å². The first kappa shape index (κ1) is 10.2. The van der Waals surface area contributed by atoms with Gasteiger partial charge in [0.1, 0.15) is 11.6 Å². The van der Waals surface area contributed by atoms with Gasteiger partial charge >= 0.3 is 0 Å². The third-order valence-corrected chi connectivity index (χ3v) is 2.42. The van der Waals surface area contributed by atoms with Gasteiger partial charge in [0.2, 0.25) is 0 Å². The fraction of sp³-hybridized carbons (Fsp3) is 0.300. The summed E-state index contributed by atoms with van der Waals surface area (Å²) >= 11 is 5.78. The number of nitrogens with zero attached hydrogens (tertiary/aromatic N) is 3. The van der Waals surface area contributed by atoms with Crippen LogP contribution in [-0.4, -0.2) is 23.8 Å². The van der Waals surface area contributed by atoms with E-state index in [-0.39, 0.29) is 5.82 Å². The summed E-state index contributed by atoms with van der Waals surface area (Å²) in [5, 5.41) is 1.83. The zero-order valence-corrected chi connectivity index (χ0v) is 9.29. The van der Waals surface area contributed by atoms with Gasteiger partial charge in [0.05, 0.1) is 16.9 Å². The fourth-order valence-electron chi connectivity index (χ4n) is 1.62.